The Morgan fingerprint density at radius 2 is 2.04 bits per heavy atom. The van der Waals surface area contributed by atoms with E-state index in [-0.39, 0.29) is 30.3 Å². The van der Waals surface area contributed by atoms with Crippen molar-refractivity contribution in [2.75, 3.05) is 4.90 Å². The van der Waals surface area contributed by atoms with Crippen molar-refractivity contribution in [1.29, 1.82) is 0 Å². The first kappa shape index (κ1) is 13.6. The second-order valence-electron chi connectivity index (χ2n) is 5.61. The molecular formula is C15H12N4O4. The van der Waals surface area contributed by atoms with E-state index in [4.69, 9.17) is 0 Å². The van der Waals surface area contributed by atoms with E-state index in [0.29, 0.717) is 11.3 Å². The van der Waals surface area contributed by atoms with Crippen LogP contribution >= 0.6 is 0 Å². The lowest BCUT2D eigenvalue weighted by Crippen LogP contribution is -2.58. The van der Waals surface area contributed by atoms with Gasteiger partial charge in [-0.05, 0) is 19.1 Å². The van der Waals surface area contributed by atoms with Gasteiger partial charge in [0.1, 0.15) is 5.69 Å². The summed E-state index contributed by atoms with van der Waals surface area (Å²) in [5.74, 6) is -1.32. The van der Waals surface area contributed by atoms with E-state index in [2.05, 4.69) is 10.1 Å². The standard InChI is InChI=1S/C15H12N4O4/c1-8-13(21)16-12-9-4-2-3-5-10(9)18-11(20)6-7-15(18,14(22)23)19(12)17-8/h2-5H,6-7H2,1H3,(H,22,23)/t15-/m1/s1. The third kappa shape index (κ3) is 1.52. The van der Waals surface area contributed by atoms with Crippen molar-refractivity contribution in [2.24, 2.45) is 0 Å². The first-order valence-electron chi connectivity index (χ1n) is 7.11. The first-order chi connectivity index (χ1) is 11.0. The summed E-state index contributed by atoms with van der Waals surface area (Å²) < 4.78 is 1.21. The van der Waals surface area contributed by atoms with Gasteiger partial charge < -0.3 is 5.11 Å². The number of anilines is 1. The van der Waals surface area contributed by atoms with E-state index in [1.807, 2.05) is 0 Å². The fourth-order valence-electron chi connectivity index (χ4n) is 3.29. The molecule has 0 spiro atoms. The Morgan fingerprint density at radius 3 is 2.78 bits per heavy atom. The molecule has 0 saturated carbocycles. The van der Waals surface area contributed by atoms with Crippen molar-refractivity contribution >= 4 is 17.6 Å². The maximum atomic E-state index is 12.4. The fraction of sp³-hybridized carbons (Fsp3) is 0.267. The number of carbonyl (C=O) groups is 2. The number of rotatable bonds is 1. The van der Waals surface area contributed by atoms with Crippen molar-refractivity contribution in [3.8, 4) is 11.4 Å². The zero-order valence-corrected chi connectivity index (χ0v) is 12.2. The van der Waals surface area contributed by atoms with Crippen LogP contribution in [0.15, 0.2) is 29.1 Å². The highest BCUT2D eigenvalue weighted by Gasteiger charge is 2.58. The Hall–Kier alpha value is -3.03. The van der Waals surface area contributed by atoms with Gasteiger partial charge in [0, 0.05) is 18.4 Å². The molecule has 8 nitrogen and oxygen atoms in total. The number of nitrogens with zero attached hydrogens (tertiary/aromatic N) is 4. The van der Waals surface area contributed by atoms with Crippen LogP contribution in [-0.4, -0.2) is 31.7 Å². The second kappa shape index (κ2) is 4.25. The second-order valence-corrected chi connectivity index (χ2v) is 5.61. The van der Waals surface area contributed by atoms with Gasteiger partial charge in [-0.2, -0.15) is 10.1 Å². The number of carboxylic acid groups (broad SMARTS) is 1. The van der Waals surface area contributed by atoms with Crippen molar-refractivity contribution in [2.45, 2.75) is 25.4 Å². The molecule has 0 bridgehead atoms. The highest BCUT2D eigenvalue weighted by molar-refractivity contribution is 6.07. The number of benzene rings is 1. The zero-order chi connectivity index (χ0) is 16.4. The molecule has 1 N–H and O–H groups in total. The van der Waals surface area contributed by atoms with Crippen molar-refractivity contribution in [3.63, 3.8) is 0 Å². The van der Waals surface area contributed by atoms with Crippen LogP contribution in [-0.2, 0) is 15.3 Å². The third-order valence-corrected chi connectivity index (χ3v) is 4.35. The number of amides is 1. The van der Waals surface area contributed by atoms with Crippen LogP contribution in [0.2, 0.25) is 0 Å². The average molecular weight is 312 g/mol. The Bertz CT molecular complexity index is 935. The molecule has 0 aliphatic carbocycles. The highest BCUT2D eigenvalue weighted by Crippen LogP contribution is 2.47. The minimum Gasteiger partial charge on any atom is -0.478 e. The van der Waals surface area contributed by atoms with Crippen LogP contribution in [0.1, 0.15) is 18.5 Å². The molecule has 2 aliphatic rings. The molecule has 0 radical (unpaired) electrons. The summed E-state index contributed by atoms with van der Waals surface area (Å²) in [5.41, 5.74) is -1.14. The van der Waals surface area contributed by atoms with Crippen LogP contribution < -0.4 is 10.5 Å². The molecule has 1 saturated heterocycles. The van der Waals surface area contributed by atoms with E-state index in [0.717, 1.165) is 0 Å². The summed E-state index contributed by atoms with van der Waals surface area (Å²) >= 11 is 0. The number of para-hydroxylation sites is 1. The van der Waals surface area contributed by atoms with Gasteiger partial charge in [0.2, 0.25) is 11.6 Å². The lowest BCUT2D eigenvalue weighted by Gasteiger charge is -2.41. The van der Waals surface area contributed by atoms with E-state index < -0.39 is 17.2 Å². The Labute approximate surface area is 130 Å². The number of fused-ring (bicyclic) bond motifs is 6. The molecule has 4 rings (SSSR count). The van der Waals surface area contributed by atoms with Gasteiger partial charge in [-0.25, -0.2) is 9.48 Å². The zero-order valence-electron chi connectivity index (χ0n) is 12.2. The van der Waals surface area contributed by atoms with E-state index >= 15 is 0 Å². The SMILES string of the molecule is Cc1nn2c(nc1=O)-c1ccccc1N1C(=O)CC[C@@]12C(=O)O. The topological polar surface area (TPSA) is 105 Å². The van der Waals surface area contributed by atoms with Crippen LogP contribution in [0.4, 0.5) is 5.69 Å². The minimum atomic E-state index is -1.67. The van der Waals surface area contributed by atoms with E-state index in [1.165, 1.54) is 16.5 Å². The fourth-order valence-corrected chi connectivity index (χ4v) is 3.29. The maximum absolute atomic E-state index is 12.4. The number of hydrogen-bond donors (Lipinski definition) is 1. The van der Waals surface area contributed by atoms with Crippen LogP contribution in [0.3, 0.4) is 0 Å². The average Bonchev–Trinajstić information content (AvgIpc) is 2.88. The van der Waals surface area contributed by atoms with Gasteiger partial charge in [0.25, 0.3) is 5.56 Å². The number of carbonyl (C=O) groups excluding carboxylic acids is 1. The predicted octanol–water partition coefficient (Wildman–Crippen LogP) is 0.492. The quantitative estimate of drug-likeness (QED) is 0.821. The smallest absolute Gasteiger partial charge is 0.353 e. The molecule has 2 aromatic rings. The van der Waals surface area contributed by atoms with Crippen molar-refractivity contribution in [1.82, 2.24) is 14.8 Å². The molecule has 2 aliphatic heterocycles. The molecule has 23 heavy (non-hydrogen) atoms. The van der Waals surface area contributed by atoms with Gasteiger partial charge in [-0.15, -0.1) is 0 Å². The van der Waals surface area contributed by atoms with Crippen molar-refractivity contribution in [3.05, 3.63) is 40.3 Å². The minimum absolute atomic E-state index is 0.0689. The maximum Gasteiger partial charge on any atom is 0.353 e. The Morgan fingerprint density at radius 1 is 1.30 bits per heavy atom. The molecule has 116 valence electrons. The largest absolute Gasteiger partial charge is 0.478 e. The number of aliphatic carboxylic acids is 1. The van der Waals surface area contributed by atoms with Gasteiger partial charge in [-0.3, -0.25) is 14.5 Å². The third-order valence-electron chi connectivity index (χ3n) is 4.35. The van der Waals surface area contributed by atoms with Crippen molar-refractivity contribution < 1.29 is 14.7 Å². The molecule has 1 atom stereocenters. The number of aryl methyl sites for hydroxylation is 1. The van der Waals surface area contributed by atoms with Crippen LogP contribution in [0, 0.1) is 6.92 Å². The molecule has 1 aromatic carbocycles. The summed E-state index contributed by atoms with van der Waals surface area (Å²) in [5, 5.41) is 14.0. The predicted molar refractivity (Wildman–Crippen MR) is 78.8 cm³/mol. The van der Waals surface area contributed by atoms with E-state index in [9.17, 15) is 19.5 Å². The highest BCUT2D eigenvalue weighted by atomic mass is 16.4. The lowest BCUT2D eigenvalue weighted by molar-refractivity contribution is -0.148. The molecule has 8 heteroatoms. The summed E-state index contributed by atoms with van der Waals surface area (Å²) in [6, 6.07) is 6.81. The van der Waals surface area contributed by atoms with Crippen LogP contribution in [0.25, 0.3) is 11.4 Å². The molecule has 1 fully saturated rings. The molecule has 3 heterocycles. The van der Waals surface area contributed by atoms with E-state index in [1.54, 1.807) is 24.3 Å². The molecular weight excluding hydrogens is 300 g/mol. The number of hydrogen-bond acceptors (Lipinski definition) is 5. The molecule has 1 aromatic heterocycles. The van der Waals surface area contributed by atoms with Gasteiger partial charge in [-0.1, -0.05) is 12.1 Å². The summed E-state index contributed by atoms with van der Waals surface area (Å²) in [6.07, 6.45) is 0.159. The van der Waals surface area contributed by atoms with Gasteiger partial charge >= 0.3 is 5.97 Å². The lowest BCUT2D eigenvalue weighted by atomic mass is 10.00. The monoisotopic (exact) mass is 312 g/mol. The number of aromatic nitrogens is 3. The first-order valence-corrected chi connectivity index (χ1v) is 7.11. The number of carboxylic acids is 1. The van der Waals surface area contributed by atoms with Gasteiger partial charge in [0.05, 0.1) is 5.69 Å². The molecule has 0 unspecified atom stereocenters. The summed E-state index contributed by atoms with van der Waals surface area (Å²) in [7, 11) is 0. The Balaban J connectivity index is 2.18. The normalized spacial score (nSPS) is 21.6. The summed E-state index contributed by atoms with van der Waals surface area (Å²) in [6.45, 7) is 1.47. The van der Waals surface area contributed by atoms with Crippen LogP contribution in [0.5, 0.6) is 0 Å². The Kier molecular flexibility index (Phi) is 2.52. The molecule has 1 amide bonds. The van der Waals surface area contributed by atoms with Gasteiger partial charge in [0.15, 0.2) is 5.82 Å². The summed E-state index contributed by atoms with van der Waals surface area (Å²) in [4.78, 5) is 41.7.